The molecule has 0 bridgehead atoms. The minimum Gasteiger partial charge on any atom is -0.348 e. The van der Waals surface area contributed by atoms with E-state index in [4.69, 9.17) is 18.0 Å². The maximum Gasteiger partial charge on any atom is 0.253 e. The van der Waals surface area contributed by atoms with Gasteiger partial charge in [0.25, 0.3) is 5.91 Å². The fourth-order valence-electron chi connectivity index (χ4n) is 1.22. The van der Waals surface area contributed by atoms with Crippen molar-refractivity contribution < 1.29 is 4.79 Å². The maximum absolute atomic E-state index is 11.7. The lowest BCUT2D eigenvalue weighted by atomic mass is 10.1. The van der Waals surface area contributed by atoms with Gasteiger partial charge in [-0.3, -0.25) is 4.79 Å². The second-order valence-electron chi connectivity index (χ2n) is 3.36. The van der Waals surface area contributed by atoms with Crippen LogP contribution in [0, 0.1) is 12.3 Å². The fraction of sp³-hybridized carbons (Fsp3) is 0.333. The average Bonchev–Trinajstić information content (AvgIpc) is 2.29. The van der Waals surface area contributed by atoms with Crippen LogP contribution in [0.1, 0.15) is 30.1 Å². The Morgan fingerprint density at radius 3 is 2.94 bits per heavy atom. The topological polar surface area (TPSA) is 42.0 Å². The summed E-state index contributed by atoms with van der Waals surface area (Å²) in [6.45, 7) is 1.97. The van der Waals surface area contributed by atoms with Crippen molar-refractivity contribution in [1.82, 2.24) is 10.3 Å². The Hall–Kier alpha value is -1.53. The highest BCUT2D eigenvalue weighted by atomic mass is 35.5. The van der Waals surface area contributed by atoms with Crippen LogP contribution in [0.15, 0.2) is 18.3 Å². The lowest BCUT2D eigenvalue weighted by molar-refractivity contribution is 0.0936. The largest absolute Gasteiger partial charge is 0.348 e. The van der Waals surface area contributed by atoms with Gasteiger partial charge in [0.1, 0.15) is 5.15 Å². The van der Waals surface area contributed by atoms with Crippen molar-refractivity contribution in [3.8, 4) is 12.3 Å². The maximum atomic E-state index is 11.7. The number of halogens is 1. The molecule has 4 heteroatoms. The number of nitrogens with one attached hydrogen (secondary N) is 1. The summed E-state index contributed by atoms with van der Waals surface area (Å²) in [7, 11) is 0. The summed E-state index contributed by atoms with van der Waals surface area (Å²) in [5.41, 5.74) is 0.486. The minimum absolute atomic E-state index is 0.00757. The van der Waals surface area contributed by atoms with Gasteiger partial charge in [0.15, 0.2) is 0 Å². The molecule has 0 aromatic carbocycles. The van der Waals surface area contributed by atoms with Gasteiger partial charge in [-0.05, 0) is 18.6 Å². The van der Waals surface area contributed by atoms with Crippen molar-refractivity contribution in [3.63, 3.8) is 0 Å². The molecular formula is C12H13ClN2O. The van der Waals surface area contributed by atoms with Gasteiger partial charge in [-0.25, -0.2) is 4.98 Å². The number of hydrogen-bond donors (Lipinski definition) is 1. The molecule has 0 aliphatic heterocycles. The molecule has 3 nitrogen and oxygen atoms in total. The zero-order valence-corrected chi connectivity index (χ0v) is 9.79. The molecule has 1 rings (SSSR count). The standard InChI is InChI=1S/C12H13ClN2O/c1-3-5-10(4-2)15-12(16)9-6-7-11(13)14-8-9/h1,6-8,10H,4-5H2,2H3,(H,15,16). The molecule has 1 heterocycles. The molecule has 1 aromatic rings. The van der Waals surface area contributed by atoms with Crippen molar-refractivity contribution in [2.75, 3.05) is 0 Å². The van der Waals surface area contributed by atoms with E-state index in [0.717, 1.165) is 6.42 Å². The predicted octanol–water partition coefficient (Wildman–Crippen LogP) is 2.27. The molecule has 0 aliphatic carbocycles. The molecule has 1 unspecified atom stereocenters. The highest BCUT2D eigenvalue weighted by Crippen LogP contribution is 2.06. The number of terminal acetylenes is 1. The smallest absolute Gasteiger partial charge is 0.253 e. The third-order valence-electron chi connectivity index (χ3n) is 2.18. The third-order valence-corrected chi connectivity index (χ3v) is 2.41. The first kappa shape index (κ1) is 12.5. The molecule has 1 N–H and O–H groups in total. The van der Waals surface area contributed by atoms with Gasteiger partial charge < -0.3 is 5.32 Å². The van der Waals surface area contributed by atoms with Gasteiger partial charge in [-0.1, -0.05) is 18.5 Å². The summed E-state index contributed by atoms with van der Waals surface area (Å²) >= 11 is 5.63. The Labute approximate surface area is 100 Å². The second-order valence-corrected chi connectivity index (χ2v) is 3.74. The summed E-state index contributed by atoms with van der Waals surface area (Å²) in [4.78, 5) is 15.6. The zero-order chi connectivity index (χ0) is 12.0. The lowest BCUT2D eigenvalue weighted by Gasteiger charge is -2.13. The van der Waals surface area contributed by atoms with Crippen LogP contribution in [0.3, 0.4) is 0 Å². The van der Waals surface area contributed by atoms with Gasteiger partial charge in [0, 0.05) is 18.7 Å². The van der Waals surface area contributed by atoms with E-state index < -0.39 is 0 Å². The van der Waals surface area contributed by atoms with Crippen LogP contribution in [-0.2, 0) is 0 Å². The van der Waals surface area contributed by atoms with E-state index in [2.05, 4.69) is 16.2 Å². The first-order chi connectivity index (χ1) is 7.67. The Kier molecular flexibility index (Phi) is 4.81. The normalized spacial score (nSPS) is 11.6. The highest BCUT2D eigenvalue weighted by molar-refractivity contribution is 6.29. The quantitative estimate of drug-likeness (QED) is 0.644. The van der Waals surface area contributed by atoms with Gasteiger partial charge in [-0.15, -0.1) is 12.3 Å². The molecule has 0 radical (unpaired) electrons. The molecule has 1 atom stereocenters. The van der Waals surface area contributed by atoms with Crippen LogP contribution in [-0.4, -0.2) is 16.9 Å². The van der Waals surface area contributed by atoms with Gasteiger partial charge in [0.2, 0.25) is 0 Å². The molecule has 1 aromatic heterocycles. The van der Waals surface area contributed by atoms with E-state index in [9.17, 15) is 4.79 Å². The molecule has 0 saturated carbocycles. The fourth-order valence-corrected chi connectivity index (χ4v) is 1.33. The first-order valence-electron chi connectivity index (χ1n) is 5.03. The van der Waals surface area contributed by atoms with Crippen LogP contribution >= 0.6 is 11.6 Å². The molecule has 0 spiro atoms. The van der Waals surface area contributed by atoms with E-state index in [1.165, 1.54) is 6.20 Å². The van der Waals surface area contributed by atoms with E-state index in [1.807, 2.05) is 6.92 Å². The number of hydrogen-bond acceptors (Lipinski definition) is 2. The van der Waals surface area contributed by atoms with E-state index in [1.54, 1.807) is 12.1 Å². The number of aromatic nitrogens is 1. The van der Waals surface area contributed by atoms with Crippen LogP contribution < -0.4 is 5.32 Å². The van der Waals surface area contributed by atoms with Crippen molar-refractivity contribution in [3.05, 3.63) is 29.0 Å². The number of amides is 1. The summed E-state index contributed by atoms with van der Waals surface area (Å²) in [6.07, 6.45) is 7.99. The molecule has 0 aliphatic rings. The van der Waals surface area contributed by atoms with Gasteiger partial charge in [0.05, 0.1) is 5.56 Å². The zero-order valence-electron chi connectivity index (χ0n) is 9.03. The Bertz CT molecular complexity index is 394. The summed E-state index contributed by atoms with van der Waals surface area (Å²) in [6, 6.07) is 3.22. The molecule has 0 fully saturated rings. The minimum atomic E-state index is -0.175. The van der Waals surface area contributed by atoms with Crippen LogP contribution in [0.25, 0.3) is 0 Å². The molecule has 0 saturated heterocycles. The molecule has 16 heavy (non-hydrogen) atoms. The monoisotopic (exact) mass is 236 g/mol. The highest BCUT2D eigenvalue weighted by Gasteiger charge is 2.11. The number of rotatable bonds is 4. The Balaban J connectivity index is 2.65. The Morgan fingerprint density at radius 1 is 1.69 bits per heavy atom. The van der Waals surface area contributed by atoms with Crippen molar-refractivity contribution in [1.29, 1.82) is 0 Å². The number of carbonyl (C=O) groups excluding carboxylic acids is 1. The summed E-state index contributed by atoms with van der Waals surface area (Å²) in [5.74, 6) is 2.36. The summed E-state index contributed by atoms with van der Waals surface area (Å²) in [5, 5.41) is 3.21. The lowest BCUT2D eigenvalue weighted by Crippen LogP contribution is -2.34. The van der Waals surface area contributed by atoms with E-state index >= 15 is 0 Å². The van der Waals surface area contributed by atoms with Crippen LogP contribution in [0.5, 0.6) is 0 Å². The number of nitrogens with zero attached hydrogens (tertiary/aromatic N) is 1. The summed E-state index contributed by atoms with van der Waals surface area (Å²) < 4.78 is 0. The Morgan fingerprint density at radius 2 is 2.44 bits per heavy atom. The SMILES string of the molecule is C#CCC(CC)NC(=O)c1ccc(Cl)nc1. The van der Waals surface area contributed by atoms with Crippen molar-refractivity contribution >= 4 is 17.5 Å². The van der Waals surface area contributed by atoms with Gasteiger partial charge >= 0.3 is 0 Å². The van der Waals surface area contributed by atoms with Crippen LogP contribution in [0.2, 0.25) is 5.15 Å². The number of pyridine rings is 1. The van der Waals surface area contributed by atoms with Gasteiger partial charge in [-0.2, -0.15) is 0 Å². The third kappa shape index (κ3) is 3.56. The average molecular weight is 237 g/mol. The van der Waals surface area contributed by atoms with Crippen molar-refractivity contribution in [2.45, 2.75) is 25.8 Å². The molecule has 84 valence electrons. The van der Waals surface area contributed by atoms with E-state index in [-0.39, 0.29) is 11.9 Å². The molecular weight excluding hydrogens is 224 g/mol. The predicted molar refractivity (Wildman–Crippen MR) is 64.2 cm³/mol. The van der Waals surface area contributed by atoms with Crippen LogP contribution in [0.4, 0.5) is 0 Å². The first-order valence-corrected chi connectivity index (χ1v) is 5.41. The molecule has 1 amide bonds. The van der Waals surface area contributed by atoms with Crippen molar-refractivity contribution in [2.24, 2.45) is 0 Å². The van der Waals surface area contributed by atoms with E-state index in [0.29, 0.717) is 17.1 Å². The number of carbonyl (C=O) groups is 1. The second kappa shape index (κ2) is 6.14.